The number of hydrogen-bond donors (Lipinski definition) is 1. The standard InChI is InChI=1S/C10H18N2OS/c1-3-11-9(8-13-2)4-5-10-12-6-7-14-10/h6-7,9,11H,3-5,8H2,1-2H3. The van der Waals surface area contributed by atoms with E-state index in [0.717, 1.165) is 26.0 Å². The molecule has 1 N–H and O–H groups in total. The molecule has 1 rings (SSSR count). The molecule has 0 saturated carbocycles. The molecule has 80 valence electrons. The third kappa shape index (κ3) is 4.17. The Morgan fingerprint density at radius 2 is 2.50 bits per heavy atom. The van der Waals surface area contributed by atoms with Gasteiger partial charge >= 0.3 is 0 Å². The Labute approximate surface area is 89.5 Å². The summed E-state index contributed by atoms with van der Waals surface area (Å²) in [4.78, 5) is 4.26. The summed E-state index contributed by atoms with van der Waals surface area (Å²) in [5.74, 6) is 0. The molecule has 1 heterocycles. The highest BCUT2D eigenvalue weighted by Crippen LogP contribution is 2.08. The van der Waals surface area contributed by atoms with Crippen molar-refractivity contribution in [1.82, 2.24) is 10.3 Å². The highest BCUT2D eigenvalue weighted by molar-refractivity contribution is 7.09. The first-order valence-electron chi connectivity index (χ1n) is 4.97. The van der Waals surface area contributed by atoms with Crippen LogP contribution in [-0.2, 0) is 11.2 Å². The predicted octanol–water partition coefficient (Wildman–Crippen LogP) is 1.70. The Hall–Kier alpha value is -0.450. The monoisotopic (exact) mass is 214 g/mol. The Kier molecular flexibility index (Phi) is 5.75. The Bertz CT molecular complexity index is 220. The summed E-state index contributed by atoms with van der Waals surface area (Å²) >= 11 is 1.72. The van der Waals surface area contributed by atoms with Crippen molar-refractivity contribution in [3.63, 3.8) is 0 Å². The summed E-state index contributed by atoms with van der Waals surface area (Å²) in [6.45, 7) is 3.89. The zero-order valence-corrected chi connectivity index (χ0v) is 9.64. The molecule has 0 bridgehead atoms. The first-order valence-corrected chi connectivity index (χ1v) is 5.85. The van der Waals surface area contributed by atoms with Crippen LogP contribution < -0.4 is 5.32 Å². The van der Waals surface area contributed by atoms with Crippen molar-refractivity contribution in [2.24, 2.45) is 0 Å². The molecule has 0 fully saturated rings. The van der Waals surface area contributed by atoms with Crippen LogP contribution in [0.25, 0.3) is 0 Å². The second kappa shape index (κ2) is 6.92. The molecule has 1 aromatic rings. The smallest absolute Gasteiger partial charge is 0.0925 e. The van der Waals surface area contributed by atoms with Gasteiger partial charge in [-0.25, -0.2) is 4.98 Å². The number of thiazole rings is 1. The maximum atomic E-state index is 5.15. The molecule has 1 atom stereocenters. The van der Waals surface area contributed by atoms with Crippen LogP contribution in [0.4, 0.5) is 0 Å². The lowest BCUT2D eigenvalue weighted by molar-refractivity contribution is 0.163. The fourth-order valence-corrected chi connectivity index (χ4v) is 2.04. The van der Waals surface area contributed by atoms with Gasteiger partial charge in [-0.2, -0.15) is 0 Å². The summed E-state index contributed by atoms with van der Waals surface area (Å²) < 4.78 is 5.15. The second-order valence-corrected chi connectivity index (χ2v) is 4.15. The van der Waals surface area contributed by atoms with Gasteiger partial charge in [0.2, 0.25) is 0 Å². The fraction of sp³-hybridized carbons (Fsp3) is 0.700. The van der Waals surface area contributed by atoms with Crippen LogP contribution in [0, 0.1) is 0 Å². The van der Waals surface area contributed by atoms with Crippen LogP contribution in [0.15, 0.2) is 11.6 Å². The van der Waals surface area contributed by atoms with Crippen molar-refractivity contribution in [2.45, 2.75) is 25.8 Å². The molecule has 0 aliphatic rings. The van der Waals surface area contributed by atoms with Gasteiger partial charge in [0.15, 0.2) is 0 Å². The topological polar surface area (TPSA) is 34.2 Å². The van der Waals surface area contributed by atoms with E-state index >= 15 is 0 Å². The van der Waals surface area contributed by atoms with Gasteiger partial charge in [-0.1, -0.05) is 6.92 Å². The van der Waals surface area contributed by atoms with Crippen LogP contribution in [0.1, 0.15) is 18.4 Å². The average molecular weight is 214 g/mol. The fourth-order valence-electron chi connectivity index (χ4n) is 1.41. The molecule has 4 heteroatoms. The van der Waals surface area contributed by atoms with E-state index in [9.17, 15) is 0 Å². The number of methoxy groups -OCH3 is 1. The zero-order valence-electron chi connectivity index (χ0n) is 8.82. The van der Waals surface area contributed by atoms with E-state index < -0.39 is 0 Å². The van der Waals surface area contributed by atoms with Gasteiger partial charge in [0.05, 0.1) is 11.6 Å². The number of aromatic nitrogens is 1. The van der Waals surface area contributed by atoms with Crippen molar-refractivity contribution in [3.8, 4) is 0 Å². The molecule has 0 saturated heterocycles. The number of nitrogens with one attached hydrogen (secondary N) is 1. The lowest BCUT2D eigenvalue weighted by Crippen LogP contribution is -2.33. The van der Waals surface area contributed by atoms with E-state index in [1.54, 1.807) is 18.4 Å². The van der Waals surface area contributed by atoms with Crippen molar-refractivity contribution >= 4 is 11.3 Å². The summed E-state index contributed by atoms with van der Waals surface area (Å²) in [6, 6.07) is 0.453. The van der Waals surface area contributed by atoms with Crippen molar-refractivity contribution < 1.29 is 4.74 Å². The van der Waals surface area contributed by atoms with Gasteiger partial charge in [0.25, 0.3) is 0 Å². The van der Waals surface area contributed by atoms with Crippen LogP contribution in [0.2, 0.25) is 0 Å². The summed E-state index contributed by atoms with van der Waals surface area (Å²) in [6.07, 6.45) is 3.99. The van der Waals surface area contributed by atoms with Crippen LogP contribution in [0.5, 0.6) is 0 Å². The van der Waals surface area contributed by atoms with Gasteiger partial charge in [0.1, 0.15) is 0 Å². The summed E-state index contributed by atoms with van der Waals surface area (Å²) in [5.41, 5.74) is 0. The SMILES string of the molecule is CCNC(CCc1nccs1)COC. The van der Waals surface area contributed by atoms with Crippen LogP contribution in [0.3, 0.4) is 0 Å². The van der Waals surface area contributed by atoms with E-state index in [2.05, 4.69) is 17.2 Å². The largest absolute Gasteiger partial charge is 0.383 e. The Morgan fingerprint density at radius 1 is 1.64 bits per heavy atom. The first kappa shape index (κ1) is 11.6. The molecule has 0 spiro atoms. The molecule has 0 radical (unpaired) electrons. The molecular weight excluding hydrogens is 196 g/mol. The van der Waals surface area contributed by atoms with E-state index in [1.807, 2.05) is 11.6 Å². The van der Waals surface area contributed by atoms with E-state index in [4.69, 9.17) is 4.74 Å². The number of likely N-dealkylation sites (N-methyl/N-ethyl adjacent to an activating group) is 1. The highest BCUT2D eigenvalue weighted by atomic mass is 32.1. The third-order valence-electron chi connectivity index (χ3n) is 2.05. The minimum atomic E-state index is 0.453. The molecule has 1 unspecified atom stereocenters. The first-order chi connectivity index (χ1) is 6.86. The van der Waals surface area contributed by atoms with Crippen LogP contribution >= 0.6 is 11.3 Å². The minimum absolute atomic E-state index is 0.453. The predicted molar refractivity (Wildman–Crippen MR) is 59.8 cm³/mol. The number of nitrogens with zero attached hydrogens (tertiary/aromatic N) is 1. The summed E-state index contributed by atoms with van der Waals surface area (Å²) in [7, 11) is 1.74. The van der Waals surface area contributed by atoms with Gasteiger partial charge < -0.3 is 10.1 Å². The summed E-state index contributed by atoms with van der Waals surface area (Å²) in [5, 5.41) is 6.63. The lowest BCUT2D eigenvalue weighted by atomic mass is 10.2. The second-order valence-electron chi connectivity index (χ2n) is 3.17. The van der Waals surface area contributed by atoms with Gasteiger partial charge in [-0.15, -0.1) is 11.3 Å². The third-order valence-corrected chi connectivity index (χ3v) is 2.89. The van der Waals surface area contributed by atoms with Crippen molar-refractivity contribution in [1.29, 1.82) is 0 Å². The molecule has 14 heavy (non-hydrogen) atoms. The van der Waals surface area contributed by atoms with E-state index in [-0.39, 0.29) is 0 Å². The van der Waals surface area contributed by atoms with Crippen LogP contribution in [-0.4, -0.2) is 31.3 Å². The average Bonchev–Trinajstić information content (AvgIpc) is 2.67. The maximum absolute atomic E-state index is 5.15. The zero-order chi connectivity index (χ0) is 10.2. The molecule has 0 aromatic carbocycles. The number of aryl methyl sites for hydroxylation is 1. The van der Waals surface area contributed by atoms with Gasteiger partial charge in [-0.05, 0) is 13.0 Å². The molecule has 3 nitrogen and oxygen atoms in total. The lowest BCUT2D eigenvalue weighted by Gasteiger charge is -2.15. The van der Waals surface area contributed by atoms with Gasteiger partial charge in [-0.3, -0.25) is 0 Å². The molecule has 1 aromatic heterocycles. The highest BCUT2D eigenvalue weighted by Gasteiger charge is 2.07. The number of ether oxygens (including phenoxy) is 1. The molecular formula is C10H18N2OS. The minimum Gasteiger partial charge on any atom is -0.383 e. The quantitative estimate of drug-likeness (QED) is 0.750. The number of hydrogen-bond acceptors (Lipinski definition) is 4. The molecule has 0 amide bonds. The Balaban J connectivity index is 2.25. The van der Waals surface area contributed by atoms with Gasteiger partial charge in [0, 0.05) is 31.1 Å². The molecule has 0 aliphatic heterocycles. The van der Waals surface area contributed by atoms with Crippen molar-refractivity contribution in [2.75, 3.05) is 20.3 Å². The molecule has 0 aliphatic carbocycles. The van der Waals surface area contributed by atoms with Crippen molar-refractivity contribution in [3.05, 3.63) is 16.6 Å². The Morgan fingerprint density at radius 3 is 3.07 bits per heavy atom. The van der Waals surface area contributed by atoms with E-state index in [1.165, 1.54) is 5.01 Å². The normalized spacial score (nSPS) is 13.0. The maximum Gasteiger partial charge on any atom is 0.0925 e. The van der Waals surface area contributed by atoms with E-state index in [0.29, 0.717) is 6.04 Å². The number of rotatable bonds is 7.